The van der Waals surface area contributed by atoms with Crippen molar-refractivity contribution in [1.29, 1.82) is 0 Å². The van der Waals surface area contributed by atoms with Crippen molar-refractivity contribution in [3.8, 4) is 17.2 Å². The van der Waals surface area contributed by atoms with E-state index in [9.17, 15) is 0 Å². The third-order valence-corrected chi connectivity index (χ3v) is 3.03. The van der Waals surface area contributed by atoms with E-state index in [1.54, 1.807) is 26.4 Å². The number of anilines is 1. The molecule has 0 bridgehead atoms. The van der Waals surface area contributed by atoms with Crippen LogP contribution in [0.5, 0.6) is 17.2 Å². The van der Waals surface area contributed by atoms with Crippen molar-refractivity contribution in [2.45, 2.75) is 6.42 Å². The quantitative estimate of drug-likeness (QED) is 0.822. The van der Waals surface area contributed by atoms with Crippen LogP contribution in [0.25, 0.3) is 0 Å². The van der Waals surface area contributed by atoms with Gasteiger partial charge in [-0.1, -0.05) is 12.1 Å². The van der Waals surface area contributed by atoms with Crippen LogP contribution >= 0.6 is 0 Å². The molecule has 0 aliphatic heterocycles. The van der Waals surface area contributed by atoms with Crippen LogP contribution in [0.3, 0.4) is 0 Å². The molecule has 0 radical (unpaired) electrons. The van der Waals surface area contributed by atoms with Gasteiger partial charge in [-0.05, 0) is 29.8 Å². The third kappa shape index (κ3) is 3.57. The molecule has 0 heterocycles. The molecule has 0 aliphatic carbocycles. The number of ether oxygens (including phenoxy) is 3. The first kappa shape index (κ1) is 14.1. The predicted molar refractivity (Wildman–Crippen MR) is 79.6 cm³/mol. The molecule has 0 spiro atoms. The summed E-state index contributed by atoms with van der Waals surface area (Å²) in [6.07, 6.45) is 0.806. The monoisotopic (exact) mass is 273 g/mol. The van der Waals surface area contributed by atoms with E-state index in [0.29, 0.717) is 18.0 Å². The van der Waals surface area contributed by atoms with Gasteiger partial charge in [-0.25, -0.2) is 0 Å². The Labute approximate surface area is 119 Å². The van der Waals surface area contributed by atoms with Crippen molar-refractivity contribution in [1.82, 2.24) is 0 Å². The second-order valence-corrected chi connectivity index (χ2v) is 4.35. The Kier molecular flexibility index (Phi) is 4.71. The number of hydrogen-bond donors (Lipinski definition) is 1. The van der Waals surface area contributed by atoms with Gasteiger partial charge < -0.3 is 19.9 Å². The predicted octanol–water partition coefficient (Wildman–Crippen LogP) is 2.91. The second kappa shape index (κ2) is 6.70. The summed E-state index contributed by atoms with van der Waals surface area (Å²) < 4.78 is 16.0. The summed E-state index contributed by atoms with van der Waals surface area (Å²) in [5, 5.41) is 0. The van der Waals surface area contributed by atoms with Crippen molar-refractivity contribution in [3.63, 3.8) is 0 Å². The molecule has 2 N–H and O–H groups in total. The minimum absolute atomic E-state index is 0.559. The van der Waals surface area contributed by atoms with Crippen molar-refractivity contribution in [2.75, 3.05) is 26.6 Å². The van der Waals surface area contributed by atoms with Crippen molar-refractivity contribution >= 4 is 5.69 Å². The molecular formula is C16H19NO3. The smallest absolute Gasteiger partial charge is 0.145 e. The number of methoxy groups -OCH3 is 2. The number of rotatable bonds is 6. The van der Waals surface area contributed by atoms with Crippen LogP contribution in [-0.2, 0) is 6.42 Å². The maximum absolute atomic E-state index is 5.86. The van der Waals surface area contributed by atoms with Gasteiger partial charge in [0.2, 0.25) is 0 Å². The SMILES string of the molecule is COc1ccc(CCOc2cc(OC)ccc2N)cc1. The van der Waals surface area contributed by atoms with Crippen LogP contribution in [0.4, 0.5) is 5.69 Å². The van der Waals surface area contributed by atoms with E-state index < -0.39 is 0 Å². The molecule has 2 aromatic carbocycles. The summed E-state index contributed by atoms with van der Waals surface area (Å²) in [5.74, 6) is 2.24. The largest absolute Gasteiger partial charge is 0.497 e. The summed E-state index contributed by atoms with van der Waals surface area (Å²) in [4.78, 5) is 0. The molecule has 0 amide bonds. The molecular weight excluding hydrogens is 254 g/mol. The van der Waals surface area contributed by atoms with E-state index in [4.69, 9.17) is 19.9 Å². The van der Waals surface area contributed by atoms with Crippen LogP contribution in [-0.4, -0.2) is 20.8 Å². The number of benzene rings is 2. The minimum atomic E-state index is 0.559. The van der Waals surface area contributed by atoms with E-state index in [1.807, 2.05) is 30.3 Å². The fourth-order valence-corrected chi connectivity index (χ4v) is 1.84. The molecule has 0 saturated carbocycles. The Morgan fingerprint density at radius 3 is 2.20 bits per heavy atom. The molecule has 2 aromatic rings. The summed E-state index contributed by atoms with van der Waals surface area (Å²) in [6.45, 7) is 0.559. The van der Waals surface area contributed by atoms with Crippen molar-refractivity contribution in [3.05, 3.63) is 48.0 Å². The highest BCUT2D eigenvalue weighted by atomic mass is 16.5. The highest BCUT2D eigenvalue weighted by Gasteiger charge is 2.03. The first-order chi connectivity index (χ1) is 9.72. The average Bonchev–Trinajstić information content (AvgIpc) is 2.50. The third-order valence-electron chi connectivity index (χ3n) is 3.03. The molecule has 0 atom stereocenters. The molecule has 0 aromatic heterocycles. The van der Waals surface area contributed by atoms with Crippen molar-refractivity contribution < 1.29 is 14.2 Å². The summed E-state index contributed by atoms with van der Waals surface area (Å²) in [5.41, 5.74) is 7.66. The zero-order chi connectivity index (χ0) is 14.4. The molecule has 20 heavy (non-hydrogen) atoms. The standard InChI is InChI=1S/C16H19NO3/c1-18-13-5-3-12(4-6-13)9-10-20-16-11-14(19-2)7-8-15(16)17/h3-8,11H,9-10,17H2,1-2H3. The Hall–Kier alpha value is -2.36. The average molecular weight is 273 g/mol. The maximum atomic E-state index is 5.86. The Morgan fingerprint density at radius 2 is 1.55 bits per heavy atom. The zero-order valence-corrected chi connectivity index (χ0v) is 11.8. The number of nitrogens with two attached hydrogens (primary N) is 1. The van der Waals surface area contributed by atoms with Gasteiger partial charge in [0.1, 0.15) is 17.2 Å². The topological polar surface area (TPSA) is 53.7 Å². The van der Waals surface area contributed by atoms with Gasteiger partial charge in [-0.3, -0.25) is 0 Å². The van der Waals surface area contributed by atoms with E-state index >= 15 is 0 Å². The second-order valence-electron chi connectivity index (χ2n) is 4.35. The van der Waals surface area contributed by atoms with Gasteiger partial charge in [0.25, 0.3) is 0 Å². The lowest BCUT2D eigenvalue weighted by atomic mass is 10.1. The summed E-state index contributed by atoms with van der Waals surface area (Å²) in [6, 6.07) is 13.3. The Balaban J connectivity index is 1.91. The van der Waals surface area contributed by atoms with Crippen molar-refractivity contribution in [2.24, 2.45) is 0 Å². The van der Waals surface area contributed by atoms with E-state index in [0.717, 1.165) is 17.9 Å². The first-order valence-corrected chi connectivity index (χ1v) is 6.42. The van der Waals surface area contributed by atoms with Gasteiger partial charge in [-0.15, -0.1) is 0 Å². The lowest BCUT2D eigenvalue weighted by molar-refractivity contribution is 0.320. The van der Waals surface area contributed by atoms with E-state index in [2.05, 4.69) is 0 Å². The molecule has 0 saturated heterocycles. The lowest BCUT2D eigenvalue weighted by Gasteiger charge is -2.10. The zero-order valence-electron chi connectivity index (χ0n) is 11.8. The molecule has 0 unspecified atom stereocenters. The Morgan fingerprint density at radius 1 is 0.900 bits per heavy atom. The maximum Gasteiger partial charge on any atom is 0.145 e. The molecule has 0 aliphatic rings. The molecule has 4 nitrogen and oxygen atoms in total. The summed E-state index contributed by atoms with van der Waals surface area (Å²) in [7, 11) is 3.27. The molecule has 106 valence electrons. The van der Waals surface area contributed by atoms with Crippen LogP contribution in [0.15, 0.2) is 42.5 Å². The fourth-order valence-electron chi connectivity index (χ4n) is 1.84. The lowest BCUT2D eigenvalue weighted by Crippen LogP contribution is -2.03. The molecule has 0 fully saturated rings. The van der Waals surface area contributed by atoms with E-state index in [1.165, 1.54) is 5.56 Å². The molecule has 2 rings (SSSR count). The first-order valence-electron chi connectivity index (χ1n) is 6.42. The van der Waals surface area contributed by atoms with Gasteiger partial charge in [0.15, 0.2) is 0 Å². The normalized spacial score (nSPS) is 10.1. The highest BCUT2D eigenvalue weighted by Crippen LogP contribution is 2.26. The van der Waals surface area contributed by atoms with Crippen LogP contribution in [0.2, 0.25) is 0 Å². The van der Waals surface area contributed by atoms with E-state index in [-0.39, 0.29) is 0 Å². The van der Waals surface area contributed by atoms with Gasteiger partial charge >= 0.3 is 0 Å². The number of nitrogen functional groups attached to an aromatic ring is 1. The molecule has 4 heteroatoms. The van der Waals surface area contributed by atoms with Gasteiger partial charge in [-0.2, -0.15) is 0 Å². The highest BCUT2D eigenvalue weighted by molar-refractivity contribution is 5.55. The summed E-state index contributed by atoms with van der Waals surface area (Å²) >= 11 is 0. The minimum Gasteiger partial charge on any atom is -0.497 e. The number of hydrogen-bond acceptors (Lipinski definition) is 4. The van der Waals surface area contributed by atoms with Crippen LogP contribution in [0, 0.1) is 0 Å². The van der Waals surface area contributed by atoms with Crippen LogP contribution in [0.1, 0.15) is 5.56 Å². The fraction of sp³-hybridized carbons (Fsp3) is 0.250. The van der Waals surface area contributed by atoms with Gasteiger partial charge in [0.05, 0.1) is 26.5 Å². The Bertz CT molecular complexity index is 552. The van der Waals surface area contributed by atoms with Crippen LogP contribution < -0.4 is 19.9 Å². The van der Waals surface area contributed by atoms with Gasteiger partial charge in [0, 0.05) is 12.5 Å².